The molecule has 1 aliphatic heterocycles. The molecule has 1 fully saturated rings. The molecule has 1 amide bonds. The van der Waals surface area contributed by atoms with E-state index in [1.807, 2.05) is 24.3 Å². The van der Waals surface area contributed by atoms with Crippen LogP contribution in [0.2, 0.25) is 0 Å². The molecule has 22 heavy (non-hydrogen) atoms. The van der Waals surface area contributed by atoms with E-state index in [-0.39, 0.29) is 24.2 Å². The number of anilines is 1. The predicted molar refractivity (Wildman–Crippen MR) is 91.4 cm³/mol. The molecule has 0 atom stereocenters. The zero-order valence-corrected chi connectivity index (χ0v) is 14.5. The molecule has 1 aliphatic rings. The maximum Gasteiger partial charge on any atom is 0.306 e. The first-order valence-electron chi connectivity index (χ1n) is 7.05. The molecule has 0 unspecified atom stereocenters. The van der Waals surface area contributed by atoms with Gasteiger partial charge in [-0.25, -0.2) is 0 Å². The molecule has 0 aliphatic carbocycles. The van der Waals surface area contributed by atoms with Crippen molar-refractivity contribution in [2.75, 3.05) is 25.0 Å². The Balaban J connectivity index is 0.00000242. The van der Waals surface area contributed by atoms with Crippen LogP contribution in [0.25, 0.3) is 0 Å². The highest BCUT2D eigenvalue weighted by Gasteiger charge is 2.24. The van der Waals surface area contributed by atoms with Crippen molar-refractivity contribution in [3.05, 3.63) is 28.7 Å². The lowest BCUT2D eigenvalue weighted by Gasteiger charge is -2.29. The summed E-state index contributed by atoms with van der Waals surface area (Å²) in [5, 5.41) is 11.8. The number of hydrogen-bond acceptors (Lipinski definition) is 3. The Kier molecular flexibility index (Phi) is 7.85. The molecule has 7 heteroatoms. The molecule has 0 saturated carbocycles. The Hall–Kier alpha value is -1.11. The van der Waals surface area contributed by atoms with Crippen LogP contribution in [0.4, 0.5) is 5.69 Å². The molecule has 1 aromatic rings. The number of likely N-dealkylation sites (tertiary alicyclic amines) is 1. The largest absolute Gasteiger partial charge is 0.481 e. The van der Waals surface area contributed by atoms with Crippen LogP contribution >= 0.6 is 28.3 Å². The lowest BCUT2D eigenvalue weighted by atomic mass is 9.97. The van der Waals surface area contributed by atoms with Gasteiger partial charge >= 0.3 is 5.97 Å². The average Bonchev–Trinajstić information content (AvgIpc) is 2.48. The van der Waals surface area contributed by atoms with Gasteiger partial charge in [0.2, 0.25) is 5.91 Å². The van der Waals surface area contributed by atoms with Gasteiger partial charge in [0.05, 0.1) is 5.92 Å². The van der Waals surface area contributed by atoms with Crippen molar-refractivity contribution < 1.29 is 14.7 Å². The highest BCUT2D eigenvalue weighted by Crippen LogP contribution is 2.18. The Morgan fingerprint density at radius 1 is 1.23 bits per heavy atom. The van der Waals surface area contributed by atoms with Gasteiger partial charge in [-0.2, -0.15) is 0 Å². The molecule has 0 spiro atoms. The van der Waals surface area contributed by atoms with Gasteiger partial charge in [-0.15, -0.1) is 12.4 Å². The van der Waals surface area contributed by atoms with Gasteiger partial charge in [0.25, 0.3) is 0 Å². The smallest absolute Gasteiger partial charge is 0.306 e. The van der Waals surface area contributed by atoms with Crippen LogP contribution in [0.1, 0.15) is 19.3 Å². The molecule has 0 radical (unpaired) electrons. The van der Waals surface area contributed by atoms with Crippen molar-refractivity contribution in [1.29, 1.82) is 0 Å². The second kappa shape index (κ2) is 9.12. The van der Waals surface area contributed by atoms with Crippen LogP contribution < -0.4 is 5.32 Å². The quantitative estimate of drug-likeness (QED) is 0.809. The molecular weight excluding hydrogens is 372 g/mol. The van der Waals surface area contributed by atoms with E-state index in [0.717, 1.165) is 23.2 Å². The van der Waals surface area contributed by atoms with Crippen molar-refractivity contribution in [2.24, 2.45) is 5.92 Å². The second-order valence-electron chi connectivity index (χ2n) is 5.26. The predicted octanol–water partition coefficient (Wildman–Crippen LogP) is 3.00. The maximum atomic E-state index is 11.9. The minimum absolute atomic E-state index is 0. The number of carbonyl (C=O) groups excluding carboxylic acids is 1. The van der Waals surface area contributed by atoms with Gasteiger partial charge in [-0.3, -0.25) is 9.59 Å². The molecular formula is C15H20BrClN2O3. The van der Waals surface area contributed by atoms with Gasteiger partial charge in [-0.1, -0.05) is 15.9 Å². The number of benzene rings is 1. The molecule has 2 rings (SSSR count). The monoisotopic (exact) mass is 390 g/mol. The van der Waals surface area contributed by atoms with E-state index < -0.39 is 5.97 Å². The second-order valence-corrected chi connectivity index (χ2v) is 6.17. The van der Waals surface area contributed by atoms with Gasteiger partial charge in [-0.05, 0) is 50.2 Å². The Labute approximate surface area is 144 Å². The first-order chi connectivity index (χ1) is 10.0. The van der Waals surface area contributed by atoms with E-state index in [4.69, 9.17) is 5.11 Å². The normalized spacial score (nSPS) is 15.9. The standard InChI is InChI=1S/C15H19BrN2O3.ClH/c16-12-1-3-13(4-2-12)17-14(19)7-10-18-8-5-11(6-9-18)15(20)21;/h1-4,11H,5-10H2,(H,17,19)(H,20,21);1H. The maximum absolute atomic E-state index is 11.9. The van der Waals surface area contributed by atoms with Gasteiger partial charge in [0.15, 0.2) is 0 Å². The summed E-state index contributed by atoms with van der Waals surface area (Å²) in [5.74, 6) is -0.946. The van der Waals surface area contributed by atoms with Crippen LogP contribution in [0, 0.1) is 5.92 Å². The van der Waals surface area contributed by atoms with Crippen molar-refractivity contribution in [3.63, 3.8) is 0 Å². The number of rotatable bonds is 5. The number of amides is 1. The summed E-state index contributed by atoms with van der Waals surface area (Å²) in [6.07, 6.45) is 1.77. The number of aliphatic carboxylic acids is 1. The first-order valence-corrected chi connectivity index (χ1v) is 7.84. The molecule has 1 aromatic carbocycles. The summed E-state index contributed by atoms with van der Waals surface area (Å²) in [7, 11) is 0. The fourth-order valence-corrected chi connectivity index (χ4v) is 2.68. The highest BCUT2D eigenvalue weighted by molar-refractivity contribution is 9.10. The molecule has 1 saturated heterocycles. The summed E-state index contributed by atoms with van der Waals surface area (Å²) < 4.78 is 0.974. The van der Waals surface area contributed by atoms with Gasteiger partial charge in [0.1, 0.15) is 0 Å². The van der Waals surface area contributed by atoms with Crippen LogP contribution in [0.3, 0.4) is 0 Å². The van der Waals surface area contributed by atoms with Gasteiger partial charge in [0, 0.05) is 23.1 Å². The summed E-state index contributed by atoms with van der Waals surface area (Å²) in [4.78, 5) is 24.9. The number of carboxylic acid groups (broad SMARTS) is 1. The number of carboxylic acids is 1. The van der Waals surface area contributed by atoms with E-state index in [1.165, 1.54) is 0 Å². The Bertz CT molecular complexity index is 502. The van der Waals surface area contributed by atoms with E-state index >= 15 is 0 Å². The van der Waals surface area contributed by atoms with Crippen LogP contribution in [0.15, 0.2) is 28.7 Å². The Morgan fingerprint density at radius 3 is 2.36 bits per heavy atom. The number of nitrogens with one attached hydrogen (secondary N) is 1. The third-order valence-corrected chi connectivity index (χ3v) is 4.25. The topological polar surface area (TPSA) is 69.6 Å². The fraction of sp³-hybridized carbons (Fsp3) is 0.467. The van der Waals surface area contributed by atoms with E-state index in [1.54, 1.807) is 0 Å². The average molecular weight is 392 g/mol. The number of piperidine rings is 1. The number of hydrogen-bond donors (Lipinski definition) is 2. The van der Waals surface area contributed by atoms with E-state index in [9.17, 15) is 9.59 Å². The summed E-state index contributed by atoms with van der Waals surface area (Å²) in [6.45, 7) is 2.18. The lowest BCUT2D eigenvalue weighted by molar-refractivity contribution is -0.143. The summed E-state index contributed by atoms with van der Waals surface area (Å²) >= 11 is 3.35. The van der Waals surface area contributed by atoms with Crippen LogP contribution in [-0.4, -0.2) is 41.5 Å². The number of nitrogens with zero attached hydrogens (tertiary/aromatic N) is 1. The van der Waals surface area contributed by atoms with Crippen molar-refractivity contribution in [3.8, 4) is 0 Å². The summed E-state index contributed by atoms with van der Waals surface area (Å²) in [6, 6.07) is 7.46. The van der Waals surface area contributed by atoms with Crippen molar-refractivity contribution >= 4 is 45.9 Å². The minimum atomic E-state index is -0.706. The molecule has 2 N–H and O–H groups in total. The molecule has 0 aromatic heterocycles. The molecule has 5 nitrogen and oxygen atoms in total. The zero-order valence-electron chi connectivity index (χ0n) is 12.1. The fourth-order valence-electron chi connectivity index (χ4n) is 2.42. The van der Waals surface area contributed by atoms with Gasteiger partial charge < -0.3 is 15.3 Å². The molecule has 1 heterocycles. The molecule has 0 bridgehead atoms. The number of carbonyl (C=O) groups is 2. The summed E-state index contributed by atoms with van der Waals surface area (Å²) in [5.41, 5.74) is 0.785. The van der Waals surface area contributed by atoms with E-state index in [2.05, 4.69) is 26.1 Å². The van der Waals surface area contributed by atoms with E-state index in [0.29, 0.717) is 25.8 Å². The third kappa shape index (κ3) is 5.94. The van der Waals surface area contributed by atoms with Crippen molar-refractivity contribution in [2.45, 2.75) is 19.3 Å². The highest BCUT2D eigenvalue weighted by atomic mass is 79.9. The minimum Gasteiger partial charge on any atom is -0.481 e. The van der Waals surface area contributed by atoms with Crippen molar-refractivity contribution in [1.82, 2.24) is 4.90 Å². The first kappa shape index (κ1) is 18.9. The zero-order chi connectivity index (χ0) is 15.2. The lowest BCUT2D eigenvalue weighted by Crippen LogP contribution is -2.37. The number of halogens is 2. The Morgan fingerprint density at radius 2 is 1.82 bits per heavy atom. The third-order valence-electron chi connectivity index (χ3n) is 3.72. The SMILES string of the molecule is Cl.O=C(CCN1CCC(C(=O)O)CC1)Nc1ccc(Br)cc1. The van der Waals surface area contributed by atoms with Crippen LogP contribution in [0.5, 0.6) is 0 Å². The molecule has 122 valence electrons. The van der Waals surface area contributed by atoms with Crippen LogP contribution in [-0.2, 0) is 9.59 Å².